The van der Waals surface area contributed by atoms with Crippen LogP contribution in [-0.2, 0) is 9.53 Å². The monoisotopic (exact) mass is 315 g/mol. The number of aryl methyl sites for hydroxylation is 1. The van der Waals surface area contributed by atoms with Crippen LogP contribution in [0.2, 0.25) is 0 Å². The molecule has 0 saturated carbocycles. The maximum Gasteiger partial charge on any atom is 0.249 e. The van der Waals surface area contributed by atoms with E-state index in [4.69, 9.17) is 10.5 Å². The van der Waals surface area contributed by atoms with Crippen LogP contribution >= 0.6 is 0 Å². The van der Waals surface area contributed by atoms with Crippen LogP contribution in [0.1, 0.15) is 36.8 Å². The first-order chi connectivity index (χ1) is 11.1. The second-order valence-electron chi connectivity index (χ2n) is 5.80. The average molecular weight is 315 g/mol. The quantitative estimate of drug-likeness (QED) is 0.925. The van der Waals surface area contributed by atoms with Gasteiger partial charge in [0.2, 0.25) is 5.91 Å². The highest BCUT2D eigenvalue weighted by Gasteiger charge is 2.29. The Hall–Kier alpha value is -2.28. The number of fused-ring (bicyclic) bond motifs is 1. The van der Waals surface area contributed by atoms with Crippen molar-refractivity contribution in [1.29, 1.82) is 0 Å². The standard InChI is InChI=1S/C16H21N5O2/c1-10-18-15(17)11-6-7-12(20-16(11)19-10)13-5-3-4-8-21(13)14(22)9-23-2/h6-7,13H,3-5,8-9H2,1-2H3,(H2,17,18,19,20)/t13-/m0/s1. The van der Waals surface area contributed by atoms with Gasteiger partial charge in [0, 0.05) is 13.7 Å². The molecule has 2 N–H and O–H groups in total. The van der Waals surface area contributed by atoms with Gasteiger partial charge in [-0.15, -0.1) is 0 Å². The van der Waals surface area contributed by atoms with Gasteiger partial charge in [0.15, 0.2) is 5.65 Å². The van der Waals surface area contributed by atoms with Crippen molar-refractivity contribution in [3.8, 4) is 0 Å². The van der Waals surface area contributed by atoms with Gasteiger partial charge in [-0.05, 0) is 38.3 Å². The molecule has 0 spiro atoms. The van der Waals surface area contributed by atoms with Crippen LogP contribution in [0.3, 0.4) is 0 Å². The molecule has 2 aromatic rings. The molecular formula is C16H21N5O2. The zero-order chi connectivity index (χ0) is 16.4. The van der Waals surface area contributed by atoms with E-state index in [1.165, 1.54) is 7.11 Å². The van der Waals surface area contributed by atoms with Gasteiger partial charge in [-0.2, -0.15) is 0 Å². The number of likely N-dealkylation sites (tertiary alicyclic amines) is 1. The molecule has 0 aliphatic carbocycles. The predicted octanol–water partition coefficient (Wildman–Crippen LogP) is 1.62. The average Bonchev–Trinajstić information content (AvgIpc) is 2.54. The molecule has 1 amide bonds. The highest BCUT2D eigenvalue weighted by atomic mass is 16.5. The second kappa shape index (κ2) is 6.45. The van der Waals surface area contributed by atoms with Gasteiger partial charge < -0.3 is 15.4 Å². The molecule has 7 nitrogen and oxygen atoms in total. The Kier molecular flexibility index (Phi) is 4.38. The van der Waals surface area contributed by atoms with Crippen molar-refractivity contribution in [2.24, 2.45) is 0 Å². The summed E-state index contributed by atoms with van der Waals surface area (Å²) in [5.74, 6) is 1.02. The lowest BCUT2D eigenvalue weighted by molar-refractivity contribution is -0.139. The maximum absolute atomic E-state index is 12.3. The van der Waals surface area contributed by atoms with E-state index in [1.807, 2.05) is 17.0 Å². The third-order valence-electron chi connectivity index (χ3n) is 4.15. The smallest absolute Gasteiger partial charge is 0.249 e. The van der Waals surface area contributed by atoms with E-state index >= 15 is 0 Å². The number of methoxy groups -OCH3 is 1. The number of hydrogen-bond acceptors (Lipinski definition) is 6. The highest BCUT2D eigenvalue weighted by Crippen LogP contribution is 2.31. The van der Waals surface area contributed by atoms with Gasteiger partial charge in [0.1, 0.15) is 18.2 Å². The number of carbonyl (C=O) groups is 1. The lowest BCUT2D eigenvalue weighted by Crippen LogP contribution is -2.40. The summed E-state index contributed by atoms with van der Waals surface area (Å²) in [5.41, 5.74) is 7.36. The zero-order valence-corrected chi connectivity index (χ0v) is 13.5. The third kappa shape index (κ3) is 3.10. The fraction of sp³-hybridized carbons (Fsp3) is 0.500. The molecule has 1 aliphatic rings. The lowest BCUT2D eigenvalue weighted by atomic mass is 9.98. The van der Waals surface area contributed by atoms with Gasteiger partial charge in [0.05, 0.1) is 17.1 Å². The summed E-state index contributed by atoms with van der Waals surface area (Å²) in [7, 11) is 1.54. The molecule has 1 fully saturated rings. The summed E-state index contributed by atoms with van der Waals surface area (Å²) in [6, 6.07) is 3.77. The molecule has 0 aromatic carbocycles. The number of pyridine rings is 1. The molecule has 0 bridgehead atoms. The zero-order valence-electron chi connectivity index (χ0n) is 13.5. The molecule has 1 saturated heterocycles. The Morgan fingerprint density at radius 2 is 2.17 bits per heavy atom. The number of nitrogen functional groups attached to an aromatic ring is 1. The molecular weight excluding hydrogens is 294 g/mol. The highest BCUT2D eigenvalue weighted by molar-refractivity contribution is 5.85. The number of aromatic nitrogens is 3. The summed E-state index contributed by atoms with van der Waals surface area (Å²) in [6.07, 6.45) is 2.98. The van der Waals surface area contributed by atoms with E-state index in [9.17, 15) is 4.79 Å². The Morgan fingerprint density at radius 1 is 1.35 bits per heavy atom. The van der Waals surface area contributed by atoms with E-state index in [0.717, 1.165) is 36.9 Å². The van der Waals surface area contributed by atoms with Crippen LogP contribution < -0.4 is 5.73 Å². The first kappa shape index (κ1) is 15.6. The van der Waals surface area contributed by atoms with E-state index in [-0.39, 0.29) is 18.6 Å². The Morgan fingerprint density at radius 3 is 2.96 bits per heavy atom. The molecule has 1 aliphatic heterocycles. The minimum absolute atomic E-state index is 0.00233. The molecule has 7 heteroatoms. The number of rotatable bonds is 3. The van der Waals surface area contributed by atoms with Crippen LogP contribution in [0.5, 0.6) is 0 Å². The van der Waals surface area contributed by atoms with E-state index in [1.54, 1.807) is 6.92 Å². The van der Waals surface area contributed by atoms with Crippen molar-refractivity contribution in [2.45, 2.75) is 32.2 Å². The number of nitrogens with zero attached hydrogens (tertiary/aromatic N) is 4. The van der Waals surface area contributed by atoms with E-state index < -0.39 is 0 Å². The van der Waals surface area contributed by atoms with Gasteiger partial charge in [-0.1, -0.05) is 0 Å². The molecule has 3 heterocycles. The summed E-state index contributed by atoms with van der Waals surface area (Å²) in [6.45, 7) is 2.62. The Labute approximate surface area is 134 Å². The SMILES string of the molecule is COCC(=O)N1CCCC[C@H]1c1ccc2c(N)nc(C)nc2n1. The summed E-state index contributed by atoms with van der Waals surface area (Å²) in [4.78, 5) is 27.3. The summed E-state index contributed by atoms with van der Waals surface area (Å²) in [5, 5.41) is 0.741. The molecule has 3 rings (SSSR count). The normalized spacial score (nSPS) is 18.3. The van der Waals surface area contributed by atoms with Crippen LogP contribution in [0.4, 0.5) is 5.82 Å². The fourth-order valence-electron chi connectivity index (χ4n) is 3.09. The van der Waals surface area contributed by atoms with Crippen molar-refractivity contribution in [3.63, 3.8) is 0 Å². The van der Waals surface area contributed by atoms with Crippen LogP contribution in [0.15, 0.2) is 12.1 Å². The van der Waals surface area contributed by atoms with E-state index in [0.29, 0.717) is 17.3 Å². The number of piperidine rings is 1. The molecule has 0 unspecified atom stereocenters. The van der Waals surface area contributed by atoms with Gasteiger partial charge in [-0.25, -0.2) is 15.0 Å². The molecule has 1 atom stereocenters. The number of amides is 1. The number of carbonyl (C=O) groups excluding carboxylic acids is 1. The molecule has 23 heavy (non-hydrogen) atoms. The summed E-state index contributed by atoms with van der Waals surface area (Å²) < 4.78 is 4.99. The summed E-state index contributed by atoms with van der Waals surface area (Å²) >= 11 is 0. The minimum Gasteiger partial charge on any atom is -0.383 e. The second-order valence-corrected chi connectivity index (χ2v) is 5.80. The van der Waals surface area contributed by atoms with Gasteiger partial charge in [-0.3, -0.25) is 4.79 Å². The minimum atomic E-state index is -0.0349. The Balaban J connectivity index is 1.98. The lowest BCUT2D eigenvalue weighted by Gasteiger charge is -2.35. The number of ether oxygens (including phenoxy) is 1. The number of anilines is 1. The first-order valence-corrected chi connectivity index (χ1v) is 7.79. The van der Waals surface area contributed by atoms with Crippen LogP contribution in [-0.4, -0.2) is 46.0 Å². The maximum atomic E-state index is 12.3. The largest absolute Gasteiger partial charge is 0.383 e. The number of nitrogens with two attached hydrogens (primary N) is 1. The van der Waals surface area contributed by atoms with E-state index in [2.05, 4.69) is 15.0 Å². The number of hydrogen-bond donors (Lipinski definition) is 1. The van der Waals surface area contributed by atoms with Crippen molar-refractivity contribution in [3.05, 3.63) is 23.7 Å². The van der Waals surface area contributed by atoms with Gasteiger partial charge >= 0.3 is 0 Å². The molecule has 122 valence electrons. The van der Waals surface area contributed by atoms with Gasteiger partial charge in [0.25, 0.3) is 0 Å². The van der Waals surface area contributed by atoms with Crippen molar-refractivity contribution in [1.82, 2.24) is 19.9 Å². The Bertz CT molecular complexity index is 734. The van der Waals surface area contributed by atoms with Crippen LogP contribution in [0, 0.1) is 6.92 Å². The fourth-order valence-corrected chi connectivity index (χ4v) is 3.09. The van der Waals surface area contributed by atoms with Crippen LogP contribution in [0.25, 0.3) is 11.0 Å². The van der Waals surface area contributed by atoms with Crippen molar-refractivity contribution in [2.75, 3.05) is 26.0 Å². The van der Waals surface area contributed by atoms with Crippen molar-refractivity contribution >= 4 is 22.8 Å². The first-order valence-electron chi connectivity index (χ1n) is 7.79. The third-order valence-corrected chi connectivity index (χ3v) is 4.15. The molecule has 0 radical (unpaired) electrons. The molecule has 2 aromatic heterocycles. The van der Waals surface area contributed by atoms with Crippen molar-refractivity contribution < 1.29 is 9.53 Å². The topological polar surface area (TPSA) is 94.2 Å². The predicted molar refractivity (Wildman–Crippen MR) is 86.7 cm³/mol.